The van der Waals surface area contributed by atoms with E-state index in [1.165, 1.54) is 4.31 Å². The minimum Gasteiger partial charge on any atom is -0.338 e. The van der Waals surface area contributed by atoms with Crippen LogP contribution in [0.15, 0.2) is 29.2 Å². The molecule has 0 bridgehead atoms. The third-order valence-corrected chi connectivity index (χ3v) is 6.92. The standard InChI is InChI=1S/C18H29N3O3S/c1-4-21(5-2)25(23,24)17-10-8-16(9-11-17)15(3)19-14-18(22)20-12-6-7-13-20/h8-11,15,19H,4-7,12-14H2,1-3H3/p+1/t15-/m0/s1. The highest BCUT2D eigenvalue weighted by molar-refractivity contribution is 7.89. The maximum atomic E-state index is 12.5. The van der Waals surface area contributed by atoms with Crippen LogP contribution < -0.4 is 5.32 Å². The Bertz CT molecular complexity index is 663. The molecular formula is C18H30N3O3S+. The molecule has 0 spiro atoms. The van der Waals surface area contributed by atoms with Crippen LogP contribution in [0.4, 0.5) is 0 Å². The van der Waals surface area contributed by atoms with Gasteiger partial charge in [0.15, 0.2) is 6.54 Å². The van der Waals surface area contributed by atoms with Gasteiger partial charge in [0.2, 0.25) is 10.0 Å². The summed E-state index contributed by atoms with van der Waals surface area (Å²) in [5.74, 6) is 0.185. The van der Waals surface area contributed by atoms with E-state index < -0.39 is 10.0 Å². The van der Waals surface area contributed by atoms with Crippen molar-refractivity contribution in [2.24, 2.45) is 0 Å². The van der Waals surface area contributed by atoms with Crippen molar-refractivity contribution >= 4 is 15.9 Å². The molecule has 25 heavy (non-hydrogen) atoms. The van der Waals surface area contributed by atoms with Crippen LogP contribution in [0.3, 0.4) is 0 Å². The van der Waals surface area contributed by atoms with E-state index in [4.69, 9.17) is 0 Å². The summed E-state index contributed by atoms with van der Waals surface area (Å²) in [5.41, 5.74) is 1.02. The first-order valence-corrected chi connectivity index (χ1v) is 10.5. The van der Waals surface area contributed by atoms with Gasteiger partial charge in [-0.25, -0.2) is 8.42 Å². The van der Waals surface area contributed by atoms with Gasteiger partial charge >= 0.3 is 0 Å². The molecule has 1 aromatic carbocycles. The number of carbonyl (C=O) groups is 1. The summed E-state index contributed by atoms with van der Waals surface area (Å²) in [7, 11) is -3.42. The highest BCUT2D eigenvalue weighted by Gasteiger charge is 2.23. The molecule has 2 N–H and O–H groups in total. The second-order valence-electron chi connectivity index (χ2n) is 6.47. The number of amides is 1. The monoisotopic (exact) mass is 368 g/mol. The fourth-order valence-corrected chi connectivity index (χ4v) is 4.62. The summed E-state index contributed by atoms with van der Waals surface area (Å²) >= 11 is 0. The molecule has 1 heterocycles. The number of sulfonamides is 1. The van der Waals surface area contributed by atoms with E-state index in [-0.39, 0.29) is 11.9 Å². The van der Waals surface area contributed by atoms with E-state index in [2.05, 4.69) is 0 Å². The minimum atomic E-state index is -3.42. The van der Waals surface area contributed by atoms with Gasteiger partial charge < -0.3 is 10.2 Å². The predicted octanol–water partition coefficient (Wildman–Crippen LogP) is 0.964. The van der Waals surface area contributed by atoms with Crippen molar-refractivity contribution in [3.05, 3.63) is 29.8 Å². The van der Waals surface area contributed by atoms with Crippen molar-refractivity contribution in [1.29, 1.82) is 0 Å². The zero-order valence-electron chi connectivity index (χ0n) is 15.4. The number of nitrogens with zero attached hydrogens (tertiary/aromatic N) is 2. The summed E-state index contributed by atoms with van der Waals surface area (Å²) in [5, 5.41) is 2.01. The van der Waals surface area contributed by atoms with Crippen LogP contribution in [0.2, 0.25) is 0 Å². The zero-order chi connectivity index (χ0) is 18.4. The van der Waals surface area contributed by atoms with Crippen molar-refractivity contribution in [3.63, 3.8) is 0 Å². The number of rotatable bonds is 8. The minimum absolute atomic E-state index is 0.108. The maximum Gasteiger partial charge on any atom is 0.277 e. The van der Waals surface area contributed by atoms with Crippen LogP contribution in [-0.4, -0.2) is 56.3 Å². The van der Waals surface area contributed by atoms with Gasteiger partial charge in [0, 0.05) is 31.7 Å². The van der Waals surface area contributed by atoms with E-state index in [1.807, 2.05) is 43.1 Å². The molecule has 2 rings (SSSR count). The van der Waals surface area contributed by atoms with Crippen LogP contribution in [0, 0.1) is 0 Å². The van der Waals surface area contributed by atoms with Gasteiger partial charge in [-0.1, -0.05) is 26.0 Å². The highest BCUT2D eigenvalue weighted by atomic mass is 32.2. The Morgan fingerprint density at radius 2 is 1.72 bits per heavy atom. The first kappa shape index (κ1) is 19.9. The molecule has 6 nitrogen and oxygen atoms in total. The smallest absolute Gasteiger partial charge is 0.277 e. The summed E-state index contributed by atoms with van der Waals surface area (Å²) in [6.07, 6.45) is 2.20. The van der Waals surface area contributed by atoms with Crippen molar-refractivity contribution in [3.8, 4) is 0 Å². The lowest BCUT2D eigenvalue weighted by Crippen LogP contribution is -2.87. The van der Waals surface area contributed by atoms with Crippen molar-refractivity contribution in [1.82, 2.24) is 9.21 Å². The van der Waals surface area contributed by atoms with E-state index in [0.29, 0.717) is 24.5 Å². The van der Waals surface area contributed by atoms with Crippen molar-refractivity contribution < 1.29 is 18.5 Å². The molecule has 1 saturated heterocycles. The SMILES string of the molecule is CCN(CC)S(=O)(=O)c1ccc([C@H](C)[NH2+]CC(=O)N2CCCC2)cc1. The Hall–Kier alpha value is -1.44. The Morgan fingerprint density at radius 3 is 2.24 bits per heavy atom. The molecule has 1 aromatic rings. The zero-order valence-corrected chi connectivity index (χ0v) is 16.3. The number of nitrogens with two attached hydrogens (primary N) is 1. The number of benzene rings is 1. The van der Waals surface area contributed by atoms with Gasteiger partial charge in [0.05, 0.1) is 4.90 Å². The van der Waals surface area contributed by atoms with E-state index in [9.17, 15) is 13.2 Å². The maximum absolute atomic E-state index is 12.5. The average molecular weight is 369 g/mol. The molecule has 1 fully saturated rings. The number of likely N-dealkylation sites (tertiary alicyclic amines) is 1. The van der Waals surface area contributed by atoms with Gasteiger partial charge in [0.1, 0.15) is 6.04 Å². The van der Waals surface area contributed by atoms with Gasteiger partial charge in [-0.05, 0) is 31.9 Å². The number of carbonyl (C=O) groups excluding carboxylic acids is 1. The fourth-order valence-electron chi connectivity index (χ4n) is 3.17. The largest absolute Gasteiger partial charge is 0.338 e. The van der Waals surface area contributed by atoms with Gasteiger partial charge in [-0.3, -0.25) is 4.79 Å². The van der Waals surface area contributed by atoms with Crippen LogP contribution in [-0.2, 0) is 14.8 Å². The predicted molar refractivity (Wildman–Crippen MR) is 97.6 cm³/mol. The van der Waals surface area contributed by atoms with Crippen LogP contribution in [0.5, 0.6) is 0 Å². The summed E-state index contributed by atoms with van der Waals surface area (Å²) < 4.78 is 26.5. The molecule has 0 aromatic heterocycles. The third-order valence-electron chi connectivity index (χ3n) is 4.85. The van der Waals surface area contributed by atoms with Crippen molar-refractivity contribution in [2.75, 3.05) is 32.7 Å². The third kappa shape index (κ3) is 4.80. The Balaban J connectivity index is 1.97. The summed E-state index contributed by atoms with van der Waals surface area (Å²) in [6, 6.07) is 7.12. The number of hydrogen-bond acceptors (Lipinski definition) is 3. The van der Waals surface area contributed by atoms with E-state index in [1.54, 1.807) is 12.1 Å². The lowest BCUT2D eigenvalue weighted by atomic mass is 10.1. The highest BCUT2D eigenvalue weighted by Crippen LogP contribution is 2.18. The molecule has 0 saturated carbocycles. The lowest BCUT2D eigenvalue weighted by molar-refractivity contribution is -0.683. The van der Waals surface area contributed by atoms with Crippen LogP contribution >= 0.6 is 0 Å². The van der Waals surface area contributed by atoms with E-state index in [0.717, 1.165) is 31.5 Å². The van der Waals surface area contributed by atoms with E-state index >= 15 is 0 Å². The van der Waals surface area contributed by atoms with Gasteiger partial charge in [-0.15, -0.1) is 0 Å². The molecular weight excluding hydrogens is 338 g/mol. The Morgan fingerprint density at radius 1 is 1.16 bits per heavy atom. The molecule has 1 aliphatic heterocycles. The van der Waals surface area contributed by atoms with Crippen molar-refractivity contribution in [2.45, 2.75) is 44.6 Å². The lowest BCUT2D eigenvalue weighted by Gasteiger charge is -2.19. The second-order valence-corrected chi connectivity index (χ2v) is 8.41. The van der Waals surface area contributed by atoms with Gasteiger partial charge in [0.25, 0.3) is 5.91 Å². The quantitative estimate of drug-likeness (QED) is 0.743. The van der Waals surface area contributed by atoms with Gasteiger partial charge in [-0.2, -0.15) is 4.31 Å². The Labute approximate surface area is 151 Å². The molecule has 0 radical (unpaired) electrons. The summed E-state index contributed by atoms with van der Waals surface area (Å²) in [6.45, 7) is 8.81. The molecule has 1 atom stereocenters. The first-order chi connectivity index (χ1) is 11.9. The van der Waals surface area contributed by atoms with Crippen LogP contribution in [0.1, 0.15) is 45.2 Å². The first-order valence-electron chi connectivity index (χ1n) is 9.11. The fraction of sp³-hybridized carbons (Fsp3) is 0.611. The molecule has 1 aliphatic rings. The Kier molecular flexibility index (Phi) is 6.98. The molecule has 0 unspecified atom stereocenters. The molecule has 1 amide bonds. The molecule has 0 aliphatic carbocycles. The number of quaternary nitrogens is 1. The summed E-state index contributed by atoms with van der Waals surface area (Å²) in [4.78, 5) is 14.4. The average Bonchev–Trinajstić information content (AvgIpc) is 3.15. The topological polar surface area (TPSA) is 74.3 Å². The number of hydrogen-bond donors (Lipinski definition) is 1. The molecule has 7 heteroatoms. The van der Waals surface area contributed by atoms with Crippen LogP contribution in [0.25, 0.3) is 0 Å². The molecule has 140 valence electrons. The second kappa shape index (κ2) is 8.78. The normalized spacial score (nSPS) is 16.4.